The van der Waals surface area contributed by atoms with Crippen molar-refractivity contribution < 1.29 is 9.90 Å². The molecule has 5 heteroatoms. The number of aliphatic carboxylic acids is 1. The van der Waals surface area contributed by atoms with Crippen LogP contribution in [0.5, 0.6) is 0 Å². The standard InChI is InChI=1S/C10H11BrN2O2/c11-10-7-3-1-2-6-13(7)8(12-10)4-5-9(14)15/h4-5H,1-3,6H2,(H,14,15)/b5-4+. The highest BCUT2D eigenvalue weighted by Gasteiger charge is 2.16. The van der Waals surface area contributed by atoms with Gasteiger partial charge in [-0.1, -0.05) is 0 Å². The fraction of sp³-hybridized carbons (Fsp3) is 0.400. The van der Waals surface area contributed by atoms with Gasteiger partial charge in [0.2, 0.25) is 0 Å². The van der Waals surface area contributed by atoms with Crippen LogP contribution in [0, 0.1) is 0 Å². The molecule has 1 aliphatic rings. The van der Waals surface area contributed by atoms with Crippen LogP contribution in [0.3, 0.4) is 0 Å². The molecule has 0 unspecified atom stereocenters. The minimum Gasteiger partial charge on any atom is -0.478 e. The van der Waals surface area contributed by atoms with Crippen LogP contribution in [0.2, 0.25) is 0 Å². The van der Waals surface area contributed by atoms with Crippen molar-refractivity contribution in [3.05, 3.63) is 22.2 Å². The average Bonchev–Trinajstić information content (AvgIpc) is 2.54. The summed E-state index contributed by atoms with van der Waals surface area (Å²) in [4.78, 5) is 14.7. The summed E-state index contributed by atoms with van der Waals surface area (Å²) in [6, 6.07) is 0. The molecule has 0 atom stereocenters. The van der Waals surface area contributed by atoms with Crippen LogP contribution in [-0.2, 0) is 17.8 Å². The van der Waals surface area contributed by atoms with E-state index in [9.17, 15) is 4.79 Å². The number of hydrogen-bond acceptors (Lipinski definition) is 2. The lowest BCUT2D eigenvalue weighted by Crippen LogP contribution is -2.11. The van der Waals surface area contributed by atoms with Gasteiger partial charge in [-0.15, -0.1) is 0 Å². The van der Waals surface area contributed by atoms with Crippen molar-refractivity contribution in [2.45, 2.75) is 25.8 Å². The summed E-state index contributed by atoms with van der Waals surface area (Å²) in [7, 11) is 0. The van der Waals surface area contributed by atoms with Gasteiger partial charge in [0.05, 0.1) is 5.69 Å². The largest absolute Gasteiger partial charge is 0.478 e. The lowest BCUT2D eigenvalue weighted by Gasteiger charge is -2.15. The zero-order valence-corrected chi connectivity index (χ0v) is 9.70. The van der Waals surface area contributed by atoms with Gasteiger partial charge >= 0.3 is 5.97 Å². The first-order valence-corrected chi connectivity index (χ1v) is 5.63. The molecule has 80 valence electrons. The molecule has 0 bridgehead atoms. The summed E-state index contributed by atoms with van der Waals surface area (Å²) in [5.41, 5.74) is 1.17. The number of hydrogen-bond donors (Lipinski definition) is 1. The van der Waals surface area contributed by atoms with Gasteiger partial charge in [0.25, 0.3) is 0 Å². The summed E-state index contributed by atoms with van der Waals surface area (Å²) in [5.74, 6) is -0.224. The van der Waals surface area contributed by atoms with E-state index in [-0.39, 0.29) is 0 Å². The van der Waals surface area contributed by atoms with E-state index in [0.717, 1.165) is 35.9 Å². The second-order valence-electron chi connectivity index (χ2n) is 3.49. The molecule has 0 radical (unpaired) electrons. The number of halogens is 1. The zero-order chi connectivity index (χ0) is 10.8. The summed E-state index contributed by atoms with van der Waals surface area (Å²) in [6.07, 6.45) is 5.98. The third-order valence-corrected chi connectivity index (χ3v) is 3.11. The third kappa shape index (κ3) is 2.12. The normalized spacial score (nSPS) is 15.5. The lowest BCUT2D eigenvalue weighted by atomic mass is 10.1. The molecule has 1 aliphatic heterocycles. The molecule has 1 aromatic heterocycles. The number of aromatic nitrogens is 2. The highest BCUT2D eigenvalue weighted by Crippen LogP contribution is 2.25. The Hall–Kier alpha value is -1.10. The number of nitrogens with zero attached hydrogens (tertiary/aromatic N) is 2. The van der Waals surface area contributed by atoms with Gasteiger partial charge in [0, 0.05) is 12.6 Å². The van der Waals surface area contributed by atoms with Crippen LogP contribution >= 0.6 is 15.9 Å². The monoisotopic (exact) mass is 270 g/mol. The van der Waals surface area contributed by atoms with Crippen molar-refractivity contribution in [3.63, 3.8) is 0 Å². The van der Waals surface area contributed by atoms with Gasteiger partial charge < -0.3 is 9.67 Å². The Morgan fingerprint density at radius 3 is 3.07 bits per heavy atom. The van der Waals surface area contributed by atoms with E-state index in [1.807, 2.05) is 0 Å². The number of carbonyl (C=O) groups is 1. The maximum Gasteiger partial charge on any atom is 0.328 e. The van der Waals surface area contributed by atoms with E-state index in [1.54, 1.807) is 6.08 Å². The fourth-order valence-electron chi connectivity index (χ4n) is 1.80. The Bertz CT molecular complexity index is 423. The predicted molar refractivity (Wildman–Crippen MR) is 59.5 cm³/mol. The lowest BCUT2D eigenvalue weighted by molar-refractivity contribution is -0.131. The molecule has 1 N–H and O–H groups in total. The van der Waals surface area contributed by atoms with Gasteiger partial charge in [-0.05, 0) is 41.3 Å². The molecular formula is C10H11BrN2O2. The molecule has 0 spiro atoms. The SMILES string of the molecule is O=C(O)/C=C/c1nc(Br)c2n1CCCC2. The molecule has 4 nitrogen and oxygen atoms in total. The quantitative estimate of drug-likeness (QED) is 0.838. The second-order valence-corrected chi connectivity index (χ2v) is 4.24. The van der Waals surface area contributed by atoms with Gasteiger partial charge in [0.1, 0.15) is 10.4 Å². The first-order valence-electron chi connectivity index (χ1n) is 4.84. The predicted octanol–water partition coefficient (Wildman–Crippen LogP) is 2.08. The average molecular weight is 271 g/mol. The summed E-state index contributed by atoms with van der Waals surface area (Å²) >= 11 is 3.40. The fourth-order valence-corrected chi connectivity index (χ4v) is 2.39. The highest BCUT2D eigenvalue weighted by atomic mass is 79.9. The van der Waals surface area contributed by atoms with Crippen molar-refractivity contribution in [3.8, 4) is 0 Å². The van der Waals surface area contributed by atoms with E-state index in [4.69, 9.17) is 5.11 Å². The Balaban J connectivity index is 2.36. The maximum absolute atomic E-state index is 10.4. The molecule has 2 heterocycles. The number of rotatable bonds is 2. The van der Waals surface area contributed by atoms with Crippen LogP contribution in [-0.4, -0.2) is 20.6 Å². The van der Waals surface area contributed by atoms with Crippen LogP contribution in [0.4, 0.5) is 0 Å². The van der Waals surface area contributed by atoms with E-state index in [2.05, 4.69) is 25.5 Å². The van der Waals surface area contributed by atoms with E-state index in [0.29, 0.717) is 0 Å². The smallest absolute Gasteiger partial charge is 0.328 e. The van der Waals surface area contributed by atoms with Crippen LogP contribution in [0.15, 0.2) is 10.7 Å². The molecule has 0 saturated heterocycles. The van der Waals surface area contributed by atoms with Crippen molar-refractivity contribution in [2.75, 3.05) is 0 Å². The molecule has 0 fully saturated rings. The van der Waals surface area contributed by atoms with Gasteiger partial charge in [0.15, 0.2) is 0 Å². The Labute approximate surface area is 95.8 Å². The molecule has 0 saturated carbocycles. The number of carboxylic acid groups (broad SMARTS) is 1. The molecule has 0 aliphatic carbocycles. The van der Waals surface area contributed by atoms with Crippen molar-refractivity contribution in [1.82, 2.24) is 9.55 Å². The van der Waals surface area contributed by atoms with Crippen LogP contribution in [0.25, 0.3) is 6.08 Å². The summed E-state index contributed by atoms with van der Waals surface area (Å²) < 4.78 is 2.92. The molecule has 0 aromatic carbocycles. The topological polar surface area (TPSA) is 55.1 Å². The van der Waals surface area contributed by atoms with Gasteiger partial charge in [-0.25, -0.2) is 9.78 Å². The number of carboxylic acids is 1. The molecule has 15 heavy (non-hydrogen) atoms. The molecule has 0 amide bonds. The van der Waals surface area contributed by atoms with Crippen molar-refractivity contribution in [1.29, 1.82) is 0 Å². The maximum atomic E-state index is 10.4. The third-order valence-electron chi connectivity index (χ3n) is 2.47. The molecule has 1 aromatic rings. The Kier molecular flexibility index (Phi) is 2.90. The number of fused-ring (bicyclic) bond motifs is 1. The summed E-state index contributed by atoms with van der Waals surface area (Å²) in [5, 5.41) is 8.55. The molecular weight excluding hydrogens is 260 g/mol. The van der Waals surface area contributed by atoms with E-state index in [1.165, 1.54) is 12.1 Å². The van der Waals surface area contributed by atoms with Gasteiger partial charge in [-0.3, -0.25) is 0 Å². The van der Waals surface area contributed by atoms with Crippen LogP contribution < -0.4 is 0 Å². The van der Waals surface area contributed by atoms with Crippen molar-refractivity contribution >= 4 is 28.0 Å². The van der Waals surface area contributed by atoms with E-state index >= 15 is 0 Å². The van der Waals surface area contributed by atoms with E-state index < -0.39 is 5.97 Å². The number of imidazole rings is 1. The highest BCUT2D eigenvalue weighted by molar-refractivity contribution is 9.10. The Morgan fingerprint density at radius 2 is 2.33 bits per heavy atom. The minimum absolute atomic E-state index is 0.721. The minimum atomic E-state index is -0.945. The van der Waals surface area contributed by atoms with Gasteiger partial charge in [-0.2, -0.15) is 0 Å². The summed E-state index contributed by atoms with van der Waals surface area (Å²) in [6.45, 7) is 0.924. The zero-order valence-electron chi connectivity index (χ0n) is 8.11. The molecule has 2 rings (SSSR count). The first kappa shape index (κ1) is 10.4. The van der Waals surface area contributed by atoms with Crippen molar-refractivity contribution in [2.24, 2.45) is 0 Å². The Morgan fingerprint density at radius 1 is 1.53 bits per heavy atom. The van der Waals surface area contributed by atoms with Crippen LogP contribution in [0.1, 0.15) is 24.4 Å². The first-order chi connectivity index (χ1) is 7.18. The second kappa shape index (κ2) is 4.18.